The van der Waals surface area contributed by atoms with E-state index in [2.05, 4.69) is 5.32 Å². The molecule has 1 aromatic rings. The molecule has 0 radical (unpaired) electrons. The first-order valence-corrected chi connectivity index (χ1v) is 6.07. The van der Waals surface area contributed by atoms with Gasteiger partial charge in [0.1, 0.15) is 5.82 Å². The molecule has 0 bridgehead atoms. The van der Waals surface area contributed by atoms with E-state index in [0.717, 1.165) is 6.07 Å². The van der Waals surface area contributed by atoms with Crippen LogP contribution in [0.2, 0.25) is 0 Å². The number of nitrogens with one attached hydrogen (secondary N) is 1. The van der Waals surface area contributed by atoms with E-state index in [-0.39, 0.29) is 23.8 Å². The molecule has 0 aliphatic rings. The van der Waals surface area contributed by atoms with Crippen molar-refractivity contribution in [1.82, 2.24) is 0 Å². The van der Waals surface area contributed by atoms with Gasteiger partial charge >= 0.3 is 6.09 Å². The number of Topliss-reactive ketones (excluding diaryl/α,β-unsaturated/α-hetero) is 1. The fourth-order valence-electron chi connectivity index (χ4n) is 1.38. The zero-order valence-corrected chi connectivity index (χ0v) is 11.3. The first-order valence-electron chi connectivity index (χ1n) is 6.07. The highest BCUT2D eigenvalue weighted by Gasteiger charge is 2.13. The van der Waals surface area contributed by atoms with E-state index in [1.807, 2.05) is 13.8 Å². The zero-order chi connectivity index (χ0) is 15.1. The van der Waals surface area contributed by atoms with Gasteiger partial charge in [-0.05, 0) is 24.1 Å². The topological polar surface area (TPSA) is 79.2 Å². The second-order valence-electron chi connectivity index (χ2n) is 4.57. The number of carbonyl (C=O) groups excluding carboxylic acids is 2. The second-order valence-corrected chi connectivity index (χ2v) is 4.57. The summed E-state index contributed by atoms with van der Waals surface area (Å²) in [5.41, 5.74) is 0.00894. The maximum absolute atomic E-state index is 13.5. The van der Waals surface area contributed by atoms with Gasteiger partial charge in [0, 0.05) is 5.69 Å². The smallest absolute Gasteiger partial charge is 0.411 e. The van der Waals surface area contributed by atoms with Crippen LogP contribution in [0, 0.1) is 23.1 Å². The van der Waals surface area contributed by atoms with E-state index in [4.69, 9.17) is 10.00 Å². The first kappa shape index (κ1) is 15.6. The molecule has 1 rings (SSSR count). The normalized spacial score (nSPS) is 9.95. The molecule has 0 atom stereocenters. The zero-order valence-electron chi connectivity index (χ0n) is 11.3. The van der Waals surface area contributed by atoms with E-state index in [0.29, 0.717) is 0 Å². The Balaban J connectivity index is 2.77. The van der Waals surface area contributed by atoms with Crippen molar-refractivity contribution in [2.75, 3.05) is 11.9 Å². The molecule has 1 aromatic carbocycles. The van der Waals surface area contributed by atoms with Crippen molar-refractivity contribution in [3.05, 3.63) is 29.6 Å². The summed E-state index contributed by atoms with van der Waals surface area (Å²) in [7, 11) is 0. The largest absolute Gasteiger partial charge is 0.449 e. The number of hydrogen-bond donors (Lipinski definition) is 1. The minimum atomic E-state index is -0.730. The third-order valence-electron chi connectivity index (χ3n) is 2.30. The average molecular weight is 278 g/mol. The Hall–Kier alpha value is -2.42. The lowest BCUT2D eigenvalue weighted by atomic mass is 10.1. The van der Waals surface area contributed by atoms with Gasteiger partial charge < -0.3 is 4.74 Å². The van der Waals surface area contributed by atoms with Crippen LogP contribution in [0.15, 0.2) is 18.2 Å². The summed E-state index contributed by atoms with van der Waals surface area (Å²) >= 11 is 0. The molecule has 0 spiro atoms. The number of carbonyl (C=O) groups is 2. The minimum Gasteiger partial charge on any atom is -0.449 e. The van der Waals surface area contributed by atoms with Gasteiger partial charge in [-0.3, -0.25) is 10.1 Å². The van der Waals surface area contributed by atoms with Crippen molar-refractivity contribution in [2.45, 2.75) is 20.3 Å². The van der Waals surface area contributed by atoms with E-state index >= 15 is 0 Å². The molecule has 106 valence electrons. The van der Waals surface area contributed by atoms with Crippen LogP contribution < -0.4 is 5.32 Å². The fourth-order valence-corrected chi connectivity index (χ4v) is 1.38. The lowest BCUT2D eigenvalue weighted by molar-refractivity contribution is 0.0993. The number of nitrogens with zero attached hydrogens (tertiary/aromatic N) is 1. The number of nitriles is 1. The van der Waals surface area contributed by atoms with Crippen molar-refractivity contribution in [3.8, 4) is 6.07 Å². The summed E-state index contributed by atoms with van der Waals surface area (Å²) in [6, 6.07) is 5.22. The van der Waals surface area contributed by atoms with Crippen LogP contribution in [0.5, 0.6) is 0 Å². The van der Waals surface area contributed by atoms with Crippen LogP contribution in [0.3, 0.4) is 0 Å². The number of rotatable bonds is 5. The molecule has 0 saturated heterocycles. The van der Waals surface area contributed by atoms with E-state index < -0.39 is 24.1 Å². The molecule has 0 aromatic heterocycles. The van der Waals surface area contributed by atoms with Gasteiger partial charge in [-0.15, -0.1) is 0 Å². The predicted octanol–water partition coefficient (Wildman–Crippen LogP) is 3.13. The molecule has 20 heavy (non-hydrogen) atoms. The molecule has 0 fully saturated rings. The van der Waals surface area contributed by atoms with Gasteiger partial charge in [-0.2, -0.15) is 5.26 Å². The summed E-state index contributed by atoms with van der Waals surface area (Å²) in [6.07, 6.45) is -1.10. The fraction of sp³-hybridized carbons (Fsp3) is 0.357. The molecule has 0 aliphatic heterocycles. The molecule has 5 nitrogen and oxygen atoms in total. The lowest BCUT2D eigenvalue weighted by Crippen LogP contribution is -2.17. The van der Waals surface area contributed by atoms with Crippen molar-refractivity contribution in [1.29, 1.82) is 5.26 Å². The van der Waals surface area contributed by atoms with Crippen LogP contribution >= 0.6 is 0 Å². The number of anilines is 1. The van der Waals surface area contributed by atoms with Crippen LogP contribution in [-0.4, -0.2) is 18.5 Å². The van der Waals surface area contributed by atoms with Gasteiger partial charge in [0.2, 0.25) is 0 Å². The van der Waals surface area contributed by atoms with Gasteiger partial charge in [0.15, 0.2) is 5.78 Å². The Morgan fingerprint density at radius 2 is 2.15 bits per heavy atom. The first-order chi connectivity index (χ1) is 9.43. The molecule has 0 saturated carbocycles. The molecule has 0 heterocycles. The number of ether oxygens (including phenoxy) is 1. The highest BCUT2D eigenvalue weighted by Crippen LogP contribution is 2.16. The molecule has 1 N–H and O–H groups in total. The summed E-state index contributed by atoms with van der Waals surface area (Å²) in [5.74, 6) is -1.17. The molecule has 0 unspecified atom stereocenters. The van der Waals surface area contributed by atoms with E-state index in [1.165, 1.54) is 12.1 Å². The summed E-state index contributed by atoms with van der Waals surface area (Å²) < 4.78 is 18.4. The Kier molecular flexibility index (Phi) is 5.66. The summed E-state index contributed by atoms with van der Waals surface area (Å²) in [4.78, 5) is 23.0. The van der Waals surface area contributed by atoms with E-state index in [9.17, 15) is 14.0 Å². The lowest BCUT2D eigenvalue weighted by Gasteiger charge is -2.09. The maximum Gasteiger partial charge on any atom is 0.411 e. The molecular weight excluding hydrogens is 263 g/mol. The van der Waals surface area contributed by atoms with Gasteiger partial charge in [0.25, 0.3) is 0 Å². The van der Waals surface area contributed by atoms with Gasteiger partial charge in [0.05, 0.1) is 24.7 Å². The molecule has 6 heteroatoms. The molecule has 1 amide bonds. The van der Waals surface area contributed by atoms with Crippen LogP contribution in [-0.2, 0) is 4.74 Å². The van der Waals surface area contributed by atoms with Crippen LogP contribution in [0.25, 0.3) is 0 Å². The third kappa shape index (κ3) is 4.69. The second kappa shape index (κ2) is 7.24. The molecular formula is C14H15FN2O3. The third-order valence-corrected chi connectivity index (χ3v) is 2.30. The Labute approximate surface area is 116 Å². The summed E-state index contributed by atoms with van der Waals surface area (Å²) in [6.45, 7) is 4.04. The van der Waals surface area contributed by atoms with Gasteiger partial charge in [-0.25, -0.2) is 9.18 Å². The quantitative estimate of drug-likeness (QED) is 0.839. The van der Waals surface area contributed by atoms with Crippen molar-refractivity contribution in [2.24, 2.45) is 5.92 Å². The van der Waals surface area contributed by atoms with Crippen LogP contribution in [0.1, 0.15) is 30.6 Å². The monoisotopic (exact) mass is 278 g/mol. The maximum atomic E-state index is 13.5. The predicted molar refractivity (Wildman–Crippen MR) is 70.8 cm³/mol. The van der Waals surface area contributed by atoms with Crippen molar-refractivity contribution >= 4 is 17.6 Å². The standard InChI is InChI=1S/C14H15FN2O3/c1-9(2)8-20-14(19)17-10-3-4-12(15)11(7-10)13(18)5-6-16/h3-4,7,9H,5,8H2,1-2H3,(H,17,19). The molecule has 0 aliphatic carbocycles. The number of benzene rings is 1. The summed E-state index contributed by atoms with van der Waals surface area (Å²) in [5, 5.41) is 10.8. The minimum absolute atomic E-state index is 0.196. The van der Waals surface area contributed by atoms with E-state index in [1.54, 1.807) is 6.07 Å². The number of hydrogen-bond acceptors (Lipinski definition) is 4. The Morgan fingerprint density at radius 1 is 1.45 bits per heavy atom. The number of halogens is 1. The van der Waals surface area contributed by atoms with Crippen molar-refractivity contribution < 1.29 is 18.7 Å². The number of ketones is 1. The van der Waals surface area contributed by atoms with Crippen LogP contribution in [0.4, 0.5) is 14.9 Å². The highest BCUT2D eigenvalue weighted by atomic mass is 19.1. The average Bonchev–Trinajstić information content (AvgIpc) is 2.39. The Morgan fingerprint density at radius 3 is 2.75 bits per heavy atom. The van der Waals surface area contributed by atoms with Crippen molar-refractivity contribution in [3.63, 3.8) is 0 Å². The van der Waals surface area contributed by atoms with Gasteiger partial charge in [-0.1, -0.05) is 13.8 Å². The SMILES string of the molecule is CC(C)COC(=O)Nc1ccc(F)c(C(=O)CC#N)c1. The highest BCUT2D eigenvalue weighted by molar-refractivity contribution is 5.99. The Bertz CT molecular complexity index is 550. The number of amides is 1.